The van der Waals surface area contributed by atoms with Crippen LogP contribution in [0.5, 0.6) is 0 Å². The van der Waals surface area contributed by atoms with Gasteiger partial charge in [0.25, 0.3) is 0 Å². The van der Waals surface area contributed by atoms with Gasteiger partial charge in [0.05, 0.1) is 0 Å². The van der Waals surface area contributed by atoms with Gasteiger partial charge in [0, 0.05) is 12.3 Å². The summed E-state index contributed by atoms with van der Waals surface area (Å²) in [5.41, 5.74) is 5.88. The minimum atomic E-state index is -1.09. The summed E-state index contributed by atoms with van der Waals surface area (Å²) in [5, 5.41) is 13.9. The lowest BCUT2D eigenvalue weighted by Gasteiger charge is -2.01. The maximum atomic E-state index is 11.3. The number of aromatic carboxylic acids is 1. The number of thioether (sulfide) groups is 1. The SMILES string of the molecule is CCCSc1nn(-c2ccncn2)c(N)c1C(=O)O. The fourth-order valence-electron chi connectivity index (χ4n) is 1.49. The van der Waals surface area contributed by atoms with Crippen LogP contribution in [0.2, 0.25) is 0 Å². The Hall–Kier alpha value is -2.09. The number of anilines is 1. The highest BCUT2D eigenvalue weighted by Gasteiger charge is 2.22. The van der Waals surface area contributed by atoms with Crippen molar-refractivity contribution < 1.29 is 9.90 Å². The van der Waals surface area contributed by atoms with Crippen molar-refractivity contribution in [1.29, 1.82) is 0 Å². The number of hydrogen-bond acceptors (Lipinski definition) is 6. The molecule has 2 aromatic rings. The molecule has 0 unspecified atom stereocenters. The molecule has 0 aliphatic carbocycles. The number of nitrogen functional groups attached to an aromatic ring is 1. The maximum absolute atomic E-state index is 11.3. The van der Waals surface area contributed by atoms with Gasteiger partial charge in [-0.1, -0.05) is 6.92 Å². The van der Waals surface area contributed by atoms with E-state index >= 15 is 0 Å². The van der Waals surface area contributed by atoms with Gasteiger partial charge in [0.15, 0.2) is 5.82 Å². The van der Waals surface area contributed by atoms with Gasteiger partial charge in [-0.15, -0.1) is 11.8 Å². The monoisotopic (exact) mass is 279 g/mol. The second-order valence-electron chi connectivity index (χ2n) is 3.70. The van der Waals surface area contributed by atoms with E-state index in [1.165, 1.54) is 22.8 Å². The van der Waals surface area contributed by atoms with Gasteiger partial charge in [-0.3, -0.25) is 0 Å². The number of aromatic nitrogens is 4. The minimum absolute atomic E-state index is 0.0251. The molecule has 3 N–H and O–H groups in total. The zero-order valence-corrected chi connectivity index (χ0v) is 11.1. The molecule has 2 rings (SSSR count). The first kappa shape index (κ1) is 13.3. The van der Waals surface area contributed by atoms with Crippen molar-refractivity contribution in [3.05, 3.63) is 24.2 Å². The van der Waals surface area contributed by atoms with Crippen LogP contribution in [0.15, 0.2) is 23.6 Å². The van der Waals surface area contributed by atoms with E-state index in [4.69, 9.17) is 5.73 Å². The van der Waals surface area contributed by atoms with Crippen LogP contribution in [0, 0.1) is 0 Å². The number of carbonyl (C=O) groups is 1. The van der Waals surface area contributed by atoms with E-state index in [0.717, 1.165) is 12.2 Å². The molecule has 100 valence electrons. The molecular formula is C11H13N5O2S. The Labute approximate surface area is 113 Å². The molecule has 0 saturated carbocycles. The van der Waals surface area contributed by atoms with Crippen molar-refractivity contribution in [3.8, 4) is 5.82 Å². The number of rotatable bonds is 5. The minimum Gasteiger partial charge on any atom is -0.477 e. The second kappa shape index (κ2) is 5.70. The number of carboxylic acids is 1. The summed E-state index contributed by atoms with van der Waals surface area (Å²) in [4.78, 5) is 19.1. The van der Waals surface area contributed by atoms with E-state index in [0.29, 0.717) is 10.8 Å². The molecule has 2 heterocycles. The lowest BCUT2D eigenvalue weighted by Crippen LogP contribution is -2.07. The third kappa shape index (κ3) is 2.68. The molecular weight excluding hydrogens is 266 g/mol. The molecule has 0 fully saturated rings. The third-order valence-corrected chi connectivity index (χ3v) is 3.50. The van der Waals surface area contributed by atoms with Crippen LogP contribution < -0.4 is 5.73 Å². The fourth-order valence-corrected chi connectivity index (χ4v) is 2.37. The summed E-state index contributed by atoms with van der Waals surface area (Å²) in [7, 11) is 0. The molecule has 0 aliphatic heterocycles. The third-order valence-electron chi connectivity index (χ3n) is 2.33. The van der Waals surface area contributed by atoms with E-state index in [-0.39, 0.29) is 11.4 Å². The standard InChI is InChI=1S/C11H13N5O2S/c1-2-5-19-10-8(11(17)18)9(12)16(15-10)7-3-4-13-6-14-7/h3-4,6H,2,5,12H2,1H3,(H,17,18). The Morgan fingerprint density at radius 2 is 2.37 bits per heavy atom. The summed E-state index contributed by atoms with van der Waals surface area (Å²) < 4.78 is 1.32. The van der Waals surface area contributed by atoms with Gasteiger partial charge < -0.3 is 10.8 Å². The van der Waals surface area contributed by atoms with Crippen molar-refractivity contribution in [2.24, 2.45) is 0 Å². The average Bonchev–Trinajstić information content (AvgIpc) is 2.74. The van der Waals surface area contributed by atoms with E-state index in [1.54, 1.807) is 12.3 Å². The second-order valence-corrected chi connectivity index (χ2v) is 4.78. The lowest BCUT2D eigenvalue weighted by atomic mass is 10.3. The van der Waals surface area contributed by atoms with E-state index < -0.39 is 5.97 Å². The molecule has 2 aromatic heterocycles. The highest BCUT2D eigenvalue weighted by molar-refractivity contribution is 7.99. The van der Waals surface area contributed by atoms with Gasteiger partial charge >= 0.3 is 5.97 Å². The zero-order valence-electron chi connectivity index (χ0n) is 10.3. The average molecular weight is 279 g/mol. The first-order valence-electron chi connectivity index (χ1n) is 5.66. The van der Waals surface area contributed by atoms with Gasteiger partial charge in [0.2, 0.25) is 0 Å². The molecule has 19 heavy (non-hydrogen) atoms. The predicted octanol–water partition coefficient (Wildman–Crippen LogP) is 1.44. The topological polar surface area (TPSA) is 107 Å². The largest absolute Gasteiger partial charge is 0.477 e. The number of carboxylic acid groups (broad SMARTS) is 1. The molecule has 0 spiro atoms. The maximum Gasteiger partial charge on any atom is 0.342 e. The lowest BCUT2D eigenvalue weighted by molar-refractivity contribution is 0.0694. The van der Waals surface area contributed by atoms with Crippen LogP contribution in [0.4, 0.5) is 5.82 Å². The van der Waals surface area contributed by atoms with Crippen LogP contribution in [-0.2, 0) is 0 Å². The van der Waals surface area contributed by atoms with Crippen molar-refractivity contribution in [2.45, 2.75) is 18.4 Å². The van der Waals surface area contributed by atoms with Crippen LogP contribution in [0.3, 0.4) is 0 Å². The van der Waals surface area contributed by atoms with Crippen LogP contribution in [0.1, 0.15) is 23.7 Å². The van der Waals surface area contributed by atoms with Crippen LogP contribution in [0.25, 0.3) is 5.82 Å². The summed E-state index contributed by atoms with van der Waals surface area (Å²) in [6.07, 6.45) is 3.82. The quantitative estimate of drug-likeness (QED) is 0.797. The van der Waals surface area contributed by atoms with Crippen molar-refractivity contribution in [2.75, 3.05) is 11.5 Å². The molecule has 0 amide bonds. The zero-order chi connectivity index (χ0) is 13.8. The van der Waals surface area contributed by atoms with Crippen molar-refractivity contribution in [1.82, 2.24) is 19.7 Å². The molecule has 0 saturated heterocycles. The molecule has 0 atom stereocenters. The molecule has 0 bridgehead atoms. The highest BCUT2D eigenvalue weighted by Crippen LogP contribution is 2.28. The highest BCUT2D eigenvalue weighted by atomic mass is 32.2. The Balaban J connectivity index is 2.49. The summed E-state index contributed by atoms with van der Waals surface area (Å²) >= 11 is 1.37. The Morgan fingerprint density at radius 1 is 1.58 bits per heavy atom. The van der Waals surface area contributed by atoms with Gasteiger partial charge in [-0.25, -0.2) is 14.8 Å². The normalized spacial score (nSPS) is 10.6. The summed E-state index contributed by atoms with van der Waals surface area (Å²) in [5.74, 6) is 0.208. The summed E-state index contributed by atoms with van der Waals surface area (Å²) in [6, 6.07) is 1.61. The summed E-state index contributed by atoms with van der Waals surface area (Å²) in [6.45, 7) is 2.01. The molecule has 0 aliphatic rings. The van der Waals surface area contributed by atoms with E-state index in [1.807, 2.05) is 6.92 Å². The van der Waals surface area contributed by atoms with E-state index in [9.17, 15) is 9.90 Å². The molecule has 0 aromatic carbocycles. The first-order valence-corrected chi connectivity index (χ1v) is 6.64. The van der Waals surface area contributed by atoms with Crippen LogP contribution >= 0.6 is 11.8 Å². The van der Waals surface area contributed by atoms with Crippen molar-refractivity contribution >= 4 is 23.5 Å². The van der Waals surface area contributed by atoms with Crippen molar-refractivity contribution in [3.63, 3.8) is 0 Å². The molecule has 0 radical (unpaired) electrons. The predicted molar refractivity (Wildman–Crippen MR) is 71.5 cm³/mol. The Morgan fingerprint density at radius 3 is 2.95 bits per heavy atom. The van der Waals surface area contributed by atoms with Gasteiger partial charge in [0.1, 0.15) is 22.7 Å². The Kier molecular flexibility index (Phi) is 4.00. The first-order chi connectivity index (χ1) is 9.15. The number of nitrogens with zero attached hydrogens (tertiary/aromatic N) is 4. The number of nitrogens with two attached hydrogens (primary N) is 1. The molecule has 8 heteroatoms. The Bertz CT molecular complexity index is 584. The van der Waals surface area contributed by atoms with Gasteiger partial charge in [-0.2, -0.15) is 9.78 Å². The molecule has 7 nitrogen and oxygen atoms in total. The van der Waals surface area contributed by atoms with E-state index in [2.05, 4.69) is 15.1 Å². The van der Waals surface area contributed by atoms with Gasteiger partial charge in [-0.05, 0) is 12.2 Å². The smallest absolute Gasteiger partial charge is 0.342 e. The fraction of sp³-hybridized carbons (Fsp3) is 0.273. The van der Waals surface area contributed by atoms with Crippen LogP contribution in [-0.4, -0.2) is 36.6 Å². The number of hydrogen-bond donors (Lipinski definition) is 2.